The Balaban J connectivity index is 2.14. The van der Waals surface area contributed by atoms with Gasteiger partial charge in [0, 0.05) is 30.7 Å². The van der Waals surface area contributed by atoms with E-state index in [9.17, 15) is 4.79 Å². The van der Waals surface area contributed by atoms with Crippen LogP contribution in [0.3, 0.4) is 0 Å². The number of rotatable bonds is 1. The fraction of sp³-hybridized carbons (Fsp3) is 0.188. The molecule has 3 aromatic rings. The number of aromatic nitrogens is 3. The summed E-state index contributed by atoms with van der Waals surface area (Å²) in [6, 6.07) is 3.34. The molecule has 8 heteroatoms. The first-order chi connectivity index (χ1) is 11.5. The predicted octanol–water partition coefficient (Wildman–Crippen LogP) is 3.58. The van der Waals surface area contributed by atoms with Crippen molar-refractivity contribution in [1.29, 1.82) is 0 Å². The normalized spacial score (nSPS) is 13.1. The molecule has 0 atom stereocenters. The van der Waals surface area contributed by atoms with E-state index in [1.165, 1.54) is 11.5 Å². The van der Waals surface area contributed by atoms with Crippen LogP contribution in [-0.2, 0) is 6.42 Å². The van der Waals surface area contributed by atoms with E-state index in [1.807, 2.05) is 0 Å². The van der Waals surface area contributed by atoms with Crippen LogP contribution in [0.15, 0.2) is 18.3 Å². The van der Waals surface area contributed by atoms with Crippen molar-refractivity contribution in [2.24, 2.45) is 0 Å². The van der Waals surface area contributed by atoms with Gasteiger partial charge in [-0.15, -0.1) is 0 Å². The highest BCUT2D eigenvalue weighted by molar-refractivity contribution is 6.38. The summed E-state index contributed by atoms with van der Waals surface area (Å²) >= 11 is 12.7. The third kappa shape index (κ3) is 2.14. The van der Waals surface area contributed by atoms with Crippen molar-refractivity contribution in [1.82, 2.24) is 14.5 Å². The fourth-order valence-corrected chi connectivity index (χ4v) is 3.70. The van der Waals surface area contributed by atoms with Gasteiger partial charge in [-0.1, -0.05) is 23.2 Å². The van der Waals surface area contributed by atoms with Crippen LogP contribution >= 0.6 is 23.2 Å². The minimum absolute atomic E-state index is 0.109. The molecular weight excluding hydrogens is 351 g/mol. The Bertz CT molecular complexity index is 1010. The van der Waals surface area contributed by atoms with Crippen LogP contribution in [0.5, 0.6) is 5.75 Å². The fourth-order valence-electron chi connectivity index (χ4n) is 3.06. The van der Waals surface area contributed by atoms with Crippen LogP contribution < -0.4 is 10.5 Å². The summed E-state index contributed by atoms with van der Waals surface area (Å²) in [6.07, 6.45) is 2.29. The summed E-state index contributed by atoms with van der Waals surface area (Å²) in [5, 5.41) is 0.886. The Labute approximate surface area is 147 Å². The van der Waals surface area contributed by atoms with Crippen LogP contribution in [0.1, 0.15) is 17.3 Å². The lowest BCUT2D eigenvalue weighted by atomic mass is 10.0. The van der Waals surface area contributed by atoms with Gasteiger partial charge >= 0.3 is 0 Å². The molecule has 0 amide bonds. The molecule has 1 aliphatic rings. The highest BCUT2D eigenvalue weighted by atomic mass is 35.5. The van der Waals surface area contributed by atoms with E-state index in [2.05, 4.69) is 9.97 Å². The molecule has 6 nitrogen and oxygen atoms in total. The number of nitrogens with two attached hydrogens (primary N) is 1. The summed E-state index contributed by atoms with van der Waals surface area (Å²) in [5.41, 5.74) is 9.04. The van der Waals surface area contributed by atoms with Crippen LogP contribution in [0.25, 0.3) is 22.3 Å². The van der Waals surface area contributed by atoms with Gasteiger partial charge in [-0.2, -0.15) is 0 Å². The van der Waals surface area contributed by atoms with Crippen molar-refractivity contribution in [2.45, 2.75) is 13.3 Å². The van der Waals surface area contributed by atoms with E-state index in [0.29, 0.717) is 51.1 Å². The number of ether oxygens (including phenoxy) is 1. The van der Waals surface area contributed by atoms with E-state index in [-0.39, 0.29) is 11.9 Å². The maximum Gasteiger partial charge on any atom is 0.228 e. The summed E-state index contributed by atoms with van der Waals surface area (Å²) in [5.74, 6) is 0.553. The first-order valence-corrected chi connectivity index (χ1v) is 8.02. The van der Waals surface area contributed by atoms with Crippen molar-refractivity contribution in [3.05, 3.63) is 33.9 Å². The Morgan fingerprint density at radius 1 is 1.33 bits per heavy atom. The number of hydrogen-bond acceptors (Lipinski definition) is 5. The lowest BCUT2D eigenvalue weighted by Crippen LogP contribution is -2.07. The first-order valence-electron chi connectivity index (χ1n) is 7.27. The molecule has 0 bridgehead atoms. The van der Waals surface area contributed by atoms with Crippen LogP contribution in [0.2, 0.25) is 10.0 Å². The number of nitrogens with zero attached hydrogens (tertiary/aromatic N) is 3. The molecule has 0 spiro atoms. The molecule has 1 aromatic carbocycles. The molecule has 0 radical (unpaired) electrons. The maximum absolute atomic E-state index is 12.0. The molecule has 0 saturated heterocycles. The van der Waals surface area contributed by atoms with E-state index in [0.717, 1.165) is 5.56 Å². The molecule has 2 N–H and O–H groups in total. The third-order valence-corrected chi connectivity index (χ3v) is 4.59. The second kappa shape index (κ2) is 5.36. The average molecular weight is 363 g/mol. The monoisotopic (exact) mass is 362 g/mol. The van der Waals surface area contributed by atoms with Gasteiger partial charge in [0.05, 0.1) is 22.2 Å². The smallest absolute Gasteiger partial charge is 0.228 e. The number of anilines is 1. The quantitative estimate of drug-likeness (QED) is 0.715. The number of carbonyl (C=O) groups excluding carboxylic acids is 1. The molecule has 24 heavy (non-hydrogen) atoms. The standard InChI is InChI=1S/C16H12Cl2N4O2/c1-7(23)22-4-2-11-14(22)13(21-16(19)20-11)12-8-3-5-24-15(8)10(18)6-9(12)17/h2,4,6H,3,5H2,1H3,(H2,19,20,21). The molecule has 0 unspecified atom stereocenters. The molecular formula is C16H12Cl2N4O2. The zero-order valence-corrected chi connectivity index (χ0v) is 14.1. The van der Waals surface area contributed by atoms with Gasteiger partial charge in [-0.05, 0) is 12.1 Å². The number of carbonyl (C=O) groups is 1. The topological polar surface area (TPSA) is 83.0 Å². The number of benzene rings is 1. The Morgan fingerprint density at radius 2 is 2.12 bits per heavy atom. The highest BCUT2D eigenvalue weighted by Crippen LogP contribution is 2.45. The van der Waals surface area contributed by atoms with Crippen LogP contribution in [0, 0.1) is 0 Å². The van der Waals surface area contributed by atoms with Crippen LogP contribution in [-0.4, -0.2) is 27.0 Å². The van der Waals surface area contributed by atoms with Gasteiger partial charge in [-0.3, -0.25) is 9.36 Å². The average Bonchev–Trinajstić information content (AvgIpc) is 3.13. The number of nitrogen functional groups attached to an aromatic ring is 1. The van der Waals surface area contributed by atoms with Crippen LogP contribution in [0.4, 0.5) is 5.95 Å². The second-order valence-corrected chi connectivity index (χ2v) is 6.30. The Hall–Kier alpha value is -2.31. The number of halogens is 2. The molecule has 0 aliphatic carbocycles. The first kappa shape index (κ1) is 15.2. The summed E-state index contributed by atoms with van der Waals surface area (Å²) < 4.78 is 7.09. The van der Waals surface area contributed by atoms with Gasteiger partial charge < -0.3 is 10.5 Å². The van der Waals surface area contributed by atoms with Gasteiger partial charge in [0.2, 0.25) is 11.9 Å². The number of hydrogen-bond donors (Lipinski definition) is 1. The lowest BCUT2D eigenvalue weighted by molar-refractivity contribution is 0.0941. The van der Waals surface area contributed by atoms with E-state index < -0.39 is 0 Å². The predicted molar refractivity (Wildman–Crippen MR) is 92.9 cm³/mol. The van der Waals surface area contributed by atoms with Gasteiger partial charge in [0.15, 0.2) is 0 Å². The number of fused-ring (bicyclic) bond motifs is 2. The summed E-state index contributed by atoms with van der Waals surface area (Å²) in [4.78, 5) is 20.5. The van der Waals surface area contributed by atoms with E-state index in [1.54, 1.807) is 18.3 Å². The summed E-state index contributed by atoms with van der Waals surface area (Å²) in [6.45, 7) is 1.98. The molecule has 2 aromatic heterocycles. The third-order valence-electron chi connectivity index (χ3n) is 4.01. The van der Waals surface area contributed by atoms with Crippen molar-refractivity contribution < 1.29 is 9.53 Å². The second-order valence-electron chi connectivity index (χ2n) is 5.49. The largest absolute Gasteiger partial charge is 0.491 e. The lowest BCUT2D eigenvalue weighted by Gasteiger charge is -2.13. The van der Waals surface area contributed by atoms with E-state index >= 15 is 0 Å². The Kier molecular flexibility index (Phi) is 3.40. The van der Waals surface area contributed by atoms with Crippen molar-refractivity contribution >= 4 is 46.1 Å². The zero-order chi connectivity index (χ0) is 17.0. The molecule has 0 fully saturated rings. The molecule has 1 aliphatic heterocycles. The van der Waals surface area contributed by atoms with Gasteiger partial charge in [-0.25, -0.2) is 9.97 Å². The minimum Gasteiger partial charge on any atom is -0.491 e. The molecule has 0 saturated carbocycles. The summed E-state index contributed by atoms with van der Waals surface area (Å²) in [7, 11) is 0. The Morgan fingerprint density at radius 3 is 2.88 bits per heavy atom. The SMILES string of the molecule is CC(=O)n1ccc2nc(N)nc(-c3c(Cl)cc(Cl)c4c3CCO4)c21. The highest BCUT2D eigenvalue weighted by Gasteiger charge is 2.27. The van der Waals surface area contributed by atoms with Gasteiger partial charge in [0.25, 0.3) is 0 Å². The zero-order valence-electron chi connectivity index (χ0n) is 12.6. The van der Waals surface area contributed by atoms with Gasteiger partial charge in [0.1, 0.15) is 17.0 Å². The molecule has 122 valence electrons. The maximum atomic E-state index is 12.0. The van der Waals surface area contributed by atoms with Crippen molar-refractivity contribution in [2.75, 3.05) is 12.3 Å². The molecule has 4 rings (SSSR count). The van der Waals surface area contributed by atoms with E-state index in [4.69, 9.17) is 33.7 Å². The molecule has 3 heterocycles. The minimum atomic E-state index is -0.155. The van der Waals surface area contributed by atoms with Crippen molar-refractivity contribution in [3.63, 3.8) is 0 Å². The van der Waals surface area contributed by atoms with Crippen molar-refractivity contribution in [3.8, 4) is 17.0 Å².